The van der Waals surface area contributed by atoms with Crippen LogP contribution in [0, 0.1) is 5.82 Å². The molecule has 4 rings (SSSR count). The third kappa shape index (κ3) is 6.15. The highest BCUT2D eigenvalue weighted by molar-refractivity contribution is 7.99. The number of para-hydroxylation sites is 1. The van der Waals surface area contributed by atoms with E-state index in [-0.39, 0.29) is 21.2 Å². The zero-order valence-corrected chi connectivity index (χ0v) is 21.0. The van der Waals surface area contributed by atoms with Gasteiger partial charge in [-0.1, -0.05) is 65.3 Å². The summed E-state index contributed by atoms with van der Waals surface area (Å²) >= 11 is 13.3. The molecule has 0 bridgehead atoms. The van der Waals surface area contributed by atoms with Gasteiger partial charge in [-0.25, -0.2) is 12.8 Å². The zero-order valence-electron chi connectivity index (χ0n) is 17.8. The van der Waals surface area contributed by atoms with Crippen LogP contribution < -0.4 is 10.0 Å². The molecular formula is C25H17Cl2FN2O3S2. The van der Waals surface area contributed by atoms with Crippen molar-refractivity contribution < 1.29 is 17.6 Å². The highest BCUT2D eigenvalue weighted by Crippen LogP contribution is 2.34. The van der Waals surface area contributed by atoms with Crippen LogP contribution in [0.15, 0.2) is 106 Å². The van der Waals surface area contributed by atoms with Crippen molar-refractivity contribution in [1.82, 2.24) is 0 Å². The molecule has 0 radical (unpaired) electrons. The molecule has 0 aliphatic heterocycles. The quantitative estimate of drug-likeness (QED) is 0.254. The van der Waals surface area contributed by atoms with Crippen molar-refractivity contribution in [2.24, 2.45) is 0 Å². The van der Waals surface area contributed by atoms with Crippen molar-refractivity contribution >= 4 is 62.3 Å². The zero-order chi connectivity index (χ0) is 25.0. The fraction of sp³-hybridized carbons (Fsp3) is 0. The first-order valence-electron chi connectivity index (χ1n) is 10.1. The summed E-state index contributed by atoms with van der Waals surface area (Å²) in [6, 6.07) is 23.9. The van der Waals surface area contributed by atoms with Gasteiger partial charge in [0.15, 0.2) is 0 Å². The van der Waals surface area contributed by atoms with Gasteiger partial charge in [0.1, 0.15) is 5.82 Å². The van der Waals surface area contributed by atoms with Gasteiger partial charge in [0.2, 0.25) is 0 Å². The van der Waals surface area contributed by atoms with Crippen LogP contribution in [-0.4, -0.2) is 14.3 Å². The van der Waals surface area contributed by atoms with E-state index in [1.54, 1.807) is 24.3 Å². The highest BCUT2D eigenvalue weighted by Gasteiger charge is 2.20. The molecule has 0 unspecified atom stereocenters. The number of nitrogens with one attached hydrogen (secondary N) is 2. The van der Waals surface area contributed by atoms with E-state index in [0.29, 0.717) is 15.6 Å². The molecule has 178 valence electrons. The van der Waals surface area contributed by atoms with E-state index < -0.39 is 21.7 Å². The van der Waals surface area contributed by atoms with Crippen molar-refractivity contribution in [1.29, 1.82) is 0 Å². The average molecular weight is 547 g/mol. The van der Waals surface area contributed by atoms with Crippen molar-refractivity contribution in [2.45, 2.75) is 14.7 Å². The summed E-state index contributed by atoms with van der Waals surface area (Å²) in [5.74, 6) is -1.58. The van der Waals surface area contributed by atoms with Crippen LogP contribution in [0.4, 0.5) is 15.8 Å². The summed E-state index contributed by atoms with van der Waals surface area (Å²) in [7, 11) is -4.11. The Kier molecular flexibility index (Phi) is 7.66. The highest BCUT2D eigenvalue weighted by atomic mass is 35.5. The van der Waals surface area contributed by atoms with Crippen molar-refractivity contribution in [3.8, 4) is 0 Å². The first-order chi connectivity index (χ1) is 16.7. The van der Waals surface area contributed by atoms with Crippen LogP contribution in [-0.2, 0) is 10.0 Å². The Hall–Kier alpha value is -3.04. The van der Waals surface area contributed by atoms with Crippen molar-refractivity contribution in [2.75, 3.05) is 10.0 Å². The maximum absolute atomic E-state index is 14.8. The molecule has 0 fully saturated rings. The van der Waals surface area contributed by atoms with Gasteiger partial charge in [0.25, 0.3) is 15.9 Å². The molecule has 35 heavy (non-hydrogen) atoms. The molecule has 0 aromatic heterocycles. The largest absolute Gasteiger partial charge is 0.319 e. The molecule has 0 atom stereocenters. The fourth-order valence-corrected chi connectivity index (χ4v) is 5.66. The number of rotatable bonds is 7. The molecule has 0 heterocycles. The summed E-state index contributed by atoms with van der Waals surface area (Å²) in [6.45, 7) is 0. The summed E-state index contributed by atoms with van der Waals surface area (Å²) in [5.41, 5.74) is 0.262. The molecule has 0 saturated heterocycles. The van der Waals surface area contributed by atoms with Gasteiger partial charge < -0.3 is 5.32 Å². The van der Waals surface area contributed by atoms with Crippen LogP contribution in [0.1, 0.15) is 10.4 Å². The molecule has 0 spiro atoms. The fourth-order valence-electron chi connectivity index (χ4n) is 3.09. The molecule has 2 N–H and O–H groups in total. The molecule has 4 aromatic rings. The second-order valence-corrected chi connectivity index (χ2v) is 10.9. The molecule has 4 aromatic carbocycles. The molecule has 0 saturated carbocycles. The Bertz CT molecular complexity index is 1500. The average Bonchev–Trinajstić information content (AvgIpc) is 2.82. The number of carbonyl (C=O) groups is 1. The lowest BCUT2D eigenvalue weighted by molar-refractivity contribution is 0.102. The van der Waals surface area contributed by atoms with E-state index in [9.17, 15) is 17.6 Å². The van der Waals surface area contributed by atoms with E-state index in [1.807, 2.05) is 30.3 Å². The number of carbonyl (C=O) groups excluding carboxylic acids is 1. The van der Waals surface area contributed by atoms with Crippen LogP contribution >= 0.6 is 35.0 Å². The van der Waals surface area contributed by atoms with Gasteiger partial charge in [-0.15, -0.1) is 0 Å². The van der Waals surface area contributed by atoms with Crippen LogP contribution in [0.2, 0.25) is 10.0 Å². The standard InChI is InChI=1S/C25H17Cl2FN2O3S2/c26-16-10-12-19(20(27)14-16)25(31)29-22-13-11-18(15-21(22)28)35(32,33)30-23-8-4-5-9-24(23)34-17-6-2-1-3-7-17/h1-15,30H,(H,29,31). The predicted octanol–water partition coefficient (Wildman–Crippen LogP) is 7.34. The summed E-state index contributed by atoms with van der Waals surface area (Å²) in [6.07, 6.45) is 0. The minimum Gasteiger partial charge on any atom is -0.319 e. The van der Waals surface area contributed by atoms with Crippen LogP contribution in [0.3, 0.4) is 0 Å². The maximum atomic E-state index is 14.8. The summed E-state index contributed by atoms with van der Waals surface area (Å²) < 4.78 is 43.2. The van der Waals surface area contributed by atoms with E-state index in [0.717, 1.165) is 11.0 Å². The lowest BCUT2D eigenvalue weighted by Gasteiger charge is -2.13. The normalized spacial score (nSPS) is 11.2. The van der Waals surface area contributed by atoms with E-state index in [2.05, 4.69) is 10.0 Å². The number of amides is 1. The molecule has 10 heteroatoms. The first kappa shape index (κ1) is 25.1. The Balaban J connectivity index is 1.54. The Morgan fingerprint density at radius 1 is 0.829 bits per heavy atom. The third-order valence-corrected chi connectivity index (χ3v) is 7.77. The number of halogens is 3. The van der Waals surface area contributed by atoms with E-state index in [1.165, 1.54) is 42.1 Å². The van der Waals surface area contributed by atoms with Crippen LogP contribution in [0.5, 0.6) is 0 Å². The van der Waals surface area contributed by atoms with Gasteiger partial charge in [-0.05, 0) is 60.7 Å². The molecule has 1 amide bonds. The van der Waals surface area contributed by atoms with Crippen molar-refractivity contribution in [3.63, 3.8) is 0 Å². The number of sulfonamides is 1. The summed E-state index contributed by atoms with van der Waals surface area (Å²) in [5, 5.41) is 2.84. The third-order valence-electron chi connectivity index (χ3n) is 4.78. The van der Waals surface area contributed by atoms with Crippen LogP contribution in [0.25, 0.3) is 0 Å². The second kappa shape index (κ2) is 10.7. The smallest absolute Gasteiger partial charge is 0.262 e. The summed E-state index contributed by atoms with van der Waals surface area (Å²) in [4.78, 5) is 13.8. The number of anilines is 2. The topological polar surface area (TPSA) is 75.3 Å². The molecular weight excluding hydrogens is 530 g/mol. The lowest BCUT2D eigenvalue weighted by Crippen LogP contribution is -2.16. The maximum Gasteiger partial charge on any atom is 0.262 e. The van der Waals surface area contributed by atoms with Gasteiger partial charge in [0, 0.05) is 14.8 Å². The predicted molar refractivity (Wildman–Crippen MR) is 139 cm³/mol. The Morgan fingerprint density at radius 2 is 1.54 bits per heavy atom. The van der Waals surface area contributed by atoms with Gasteiger partial charge in [0.05, 0.1) is 26.9 Å². The molecule has 0 aliphatic rings. The van der Waals surface area contributed by atoms with Crippen molar-refractivity contribution in [3.05, 3.63) is 112 Å². The minimum absolute atomic E-state index is 0.0985. The number of hydrogen-bond donors (Lipinski definition) is 2. The Labute approximate surface area is 216 Å². The lowest BCUT2D eigenvalue weighted by atomic mass is 10.2. The SMILES string of the molecule is O=C(Nc1ccc(S(=O)(=O)Nc2ccccc2Sc2ccccc2)cc1F)c1ccc(Cl)cc1Cl. The van der Waals surface area contributed by atoms with E-state index >= 15 is 0 Å². The molecule has 0 aliphatic carbocycles. The van der Waals surface area contributed by atoms with E-state index in [4.69, 9.17) is 23.2 Å². The monoisotopic (exact) mass is 546 g/mol. The number of benzene rings is 4. The molecule has 5 nitrogen and oxygen atoms in total. The number of hydrogen-bond acceptors (Lipinski definition) is 4. The van der Waals surface area contributed by atoms with Gasteiger partial charge >= 0.3 is 0 Å². The van der Waals surface area contributed by atoms with Gasteiger partial charge in [-0.2, -0.15) is 0 Å². The first-order valence-corrected chi connectivity index (χ1v) is 13.2. The second-order valence-electron chi connectivity index (χ2n) is 7.24. The van der Waals surface area contributed by atoms with Gasteiger partial charge in [-0.3, -0.25) is 9.52 Å². The Morgan fingerprint density at radius 3 is 2.26 bits per heavy atom. The minimum atomic E-state index is -4.11.